The summed E-state index contributed by atoms with van der Waals surface area (Å²) < 4.78 is 3.57. The lowest BCUT2D eigenvalue weighted by Gasteiger charge is -2.23. The van der Waals surface area contributed by atoms with Gasteiger partial charge in [0.2, 0.25) is 0 Å². The van der Waals surface area contributed by atoms with Gasteiger partial charge in [0.15, 0.2) is 0 Å². The first-order valence-electron chi connectivity index (χ1n) is 12.1. The van der Waals surface area contributed by atoms with Crippen LogP contribution in [0.2, 0.25) is 0 Å². The zero-order valence-electron chi connectivity index (χ0n) is 20.4. The topological polar surface area (TPSA) is 68.9 Å². The van der Waals surface area contributed by atoms with Gasteiger partial charge in [-0.3, -0.25) is 14.2 Å². The second-order valence-corrected chi connectivity index (χ2v) is 8.88. The van der Waals surface area contributed by atoms with E-state index in [-0.39, 0.29) is 17.5 Å². The molecule has 2 heterocycles. The van der Waals surface area contributed by atoms with E-state index < -0.39 is 0 Å². The smallest absolute Gasteiger partial charge is 0.263 e. The van der Waals surface area contributed by atoms with Gasteiger partial charge in [0.25, 0.3) is 11.5 Å². The van der Waals surface area contributed by atoms with Crippen LogP contribution in [-0.4, -0.2) is 20.0 Å². The van der Waals surface area contributed by atoms with Crippen LogP contribution in [0.1, 0.15) is 46.7 Å². The van der Waals surface area contributed by atoms with Crippen LogP contribution in [0.25, 0.3) is 16.5 Å². The summed E-state index contributed by atoms with van der Waals surface area (Å²) in [5.74, 6) is -0.210. The zero-order valence-corrected chi connectivity index (χ0v) is 20.4. The van der Waals surface area contributed by atoms with Gasteiger partial charge >= 0.3 is 0 Å². The van der Waals surface area contributed by atoms with E-state index in [4.69, 9.17) is 0 Å². The fourth-order valence-corrected chi connectivity index (χ4v) is 4.72. The number of fused-ring (bicyclic) bond motifs is 1. The normalized spacial score (nSPS) is 11.9. The number of aromatic nitrogens is 3. The van der Waals surface area contributed by atoms with Gasteiger partial charge < -0.3 is 9.88 Å². The number of hydrogen-bond acceptors (Lipinski definition) is 3. The highest BCUT2D eigenvalue weighted by Crippen LogP contribution is 2.25. The Balaban J connectivity index is 1.75. The van der Waals surface area contributed by atoms with Crippen LogP contribution in [0, 0.1) is 6.92 Å². The minimum Gasteiger partial charge on any atom is -0.345 e. The lowest BCUT2D eigenvalue weighted by atomic mass is 9.99. The quantitative estimate of drug-likeness (QED) is 0.341. The standard InChI is InChI=1S/C30H28N4O2/c1-3-26(22-12-6-4-7-13-22)32-29(35)28-24-16-10-11-17-25(24)30(36)34(23-14-8-5-9-15-23)27(28)19-33-18-21(2)31-20-33/h4-18,20,26H,3,19H2,1-2H3,(H,32,35)/t26-/m0/s1. The molecule has 6 heteroatoms. The van der Waals surface area contributed by atoms with E-state index >= 15 is 0 Å². The van der Waals surface area contributed by atoms with Crippen molar-refractivity contribution in [3.05, 3.63) is 130 Å². The van der Waals surface area contributed by atoms with Crippen molar-refractivity contribution in [1.29, 1.82) is 0 Å². The number of amides is 1. The summed E-state index contributed by atoms with van der Waals surface area (Å²) in [5, 5.41) is 4.39. The van der Waals surface area contributed by atoms with Crippen LogP contribution in [0.4, 0.5) is 0 Å². The van der Waals surface area contributed by atoms with Crippen molar-refractivity contribution in [1.82, 2.24) is 19.4 Å². The Morgan fingerprint density at radius 2 is 1.56 bits per heavy atom. The monoisotopic (exact) mass is 476 g/mol. The molecule has 2 aromatic heterocycles. The van der Waals surface area contributed by atoms with E-state index in [2.05, 4.69) is 17.2 Å². The molecule has 0 unspecified atom stereocenters. The summed E-state index contributed by atoms with van der Waals surface area (Å²) in [4.78, 5) is 32.2. The zero-order chi connectivity index (χ0) is 25.1. The molecule has 0 fully saturated rings. The number of aryl methyl sites for hydroxylation is 1. The molecule has 180 valence electrons. The minimum atomic E-state index is -0.210. The second kappa shape index (κ2) is 10.0. The molecule has 0 spiro atoms. The lowest BCUT2D eigenvalue weighted by molar-refractivity contribution is 0.0935. The molecule has 1 atom stereocenters. The third kappa shape index (κ3) is 4.45. The Labute approximate surface area is 209 Å². The summed E-state index contributed by atoms with van der Waals surface area (Å²) in [7, 11) is 0. The van der Waals surface area contributed by atoms with Crippen molar-refractivity contribution in [3.8, 4) is 5.69 Å². The van der Waals surface area contributed by atoms with E-state index in [0.29, 0.717) is 34.3 Å². The van der Waals surface area contributed by atoms with Gasteiger partial charge in [0, 0.05) is 22.7 Å². The average Bonchev–Trinajstić information content (AvgIpc) is 3.33. The Hall–Kier alpha value is -4.45. The van der Waals surface area contributed by atoms with Crippen LogP contribution in [-0.2, 0) is 6.54 Å². The molecule has 1 amide bonds. The molecule has 0 saturated carbocycles. The number of pyridine rings is 1. The maximum absolute atomic E-state index is 14.1. The molecule has 0 aliphatic heterocycles. The highest BCUT2D eigenvalue weighted by Gasteiger charge is 2.25. The van der Waals surface area contributed by atoms with E-state index in [1.54, 1.807) is 17.0 Å². The van der Waals surface area contributed by atoms with E-state index in [1.165, 1.54) is 0 Å². The number of imidazole rings is 1. The maximum atomic E-state index is 14.1. The number of nitrogens with one attached hydrogen (secondary N) is 1. The second-order valence-electron chi connectivity index (χ2n) is 8.88. The Kier molecular flexibility index (Phi) is 6.50. The van der Waals surface area contributed by atoms with Gasteiger partial charge in [-0.1, -0.05) is 73.7 Å². The highest BCUT2D eigenvalue weighted by atomic mass is 16.2. The van der Waals surface area contributed by atoms with Crippen molar-refractivity contribution >= 4 is 16.7 Å². The first-order valence-corrected chi connectivity index (χ1v) is 12.1. The number of nitrogens with zero attached hydrogens (tertiary/aromatic N) is 3. The predicted octanol–water partition coefficient (Wildman–Crippen LogP) is 5.43. The van der Waals surface area contributed by atoms with Gasteiger partial charge in [-0.05, 0) is 37.1 Å². The van der Waals surface area contributed by atoms with E-state index in [1.807, 2.05) is 96.6 Å². The lowest BCUT2D eigenvalue weighted by Crippen LogP contribution is -2.33. The fraction of sp³-hybridized carbons (Fsp3) is 0.167. The Morgan fingerprint density at radius 3 is 2.19 bits per heavy atom. The van der Waals surface area contributed by atoms with Gasteiger partial charge in [-0.2, -0.15) is 0 Å². The van der Waals surface area contributed by atoms with Crippen LogP contribution in [0.3, 0.4) is 0 Å². The fourth-order valence-electron chi connectivity index (χ4n) is 4.72. The molecule has 3 aromatic carbocycles. The summed E-state index contributed by atoms with van der Waals surface area (Å²) in [5.41, 5.74) is 3.57. The summed E-state index contributed by atoms with van der Waals surface area (Å²) in [6, 6.07) is 26.6. The minimum absolute atomic E-state index is 0.155. The first-order chi connectivity index (χ1) is 17.6. The van der Waals surface area contributed by atoms with Crippen LogP contribution in [0.5, 0.6) is 0 Å². The van der Waals surface area contributed by atoms with Crippen LogP contribution < -0.4 is 10.9 Å². The number of para-hydroxylation sites is 1. The number of carbonyl (C=O) groups excluding carboxylic acids is 1. The number of hydrogen-bond donors (Lipinski definition) is 1. The Bertz CT molecular complexity index is 1570. The van der Waals surface area contributed by atoms with Crippen molar-refractivity contribution in [3.63, 3.8) is 0 Å². The van der Waals surface area contributed by atoms with Gasteiger partial charge in [0.05, 0.1) is 35.9 Å². The first kappa shape index (κ1) is 23.3. The molecule has 36 heavy (non-hydrogen) atoms. The molecular weight excluding hydrogens is 448 g/mol. The van der Waals surface area contributed by atoms with Crippen LogP contribution in [0.15, 0.2) is 102 Å². The van der Waals surface area contributed by atoms with E-state index in [9.17, 15) is 9.59 Å². The molecular formula is C30H28N4O2. The van der Waals surface area contributed by atoms with Crippen molar-refractivity contribution in [2.45, 2.75) is 32.9 Å². The third-order valence-electron chi connectivity index (χ3n) is 6.44. The van der Waals surface area contributed by atoms with Crippen molar-refractivity contribution in [2.24, 2.45) is 0 Å². The van der Waals surface area contributed by atoms with E-state index in [0.717, 1.165) is 17.7 Å². The maximum Gasteiger partial charge on any atom is 0.263 e. The summed E-state index contributed by atoms with van der Waals surface area (Å²) >= 11 is 0. The van der Waals surface area contributed by atoms with Gasteiger partial charge in [-0.15, -0.1) is 0 Å². The highest BCUT2D eigenvalue weighted by molar-refractivity contribution is 6.08. The average molecular weight is 477 g/mol. The van der Waals surface area contributed by atoms with Gasteiger partial charge in [0.1, 0.15) is 0 Å². The summed E-state index contributed by atoms with van der Waals surface area (Å²) in [6.07, 6.45) is 4.38. The molecule has 0 bridgehead atoms. The van der Waals surface area contributed by atoms with Crippen molar-refractivity contribution < 1.29 is 4.79 Å². The predicted molar refractivity (Wildman–Crippen MR) is 143 cm³/mol. The van der Waals surface area contributed by atoms with Gasteiger partial charge in [-0.25, -0.2) is 4.98 Å². The summed E-state index contributed by atoms with van der Waals surface area (Å²) in [6.45, 7) is 4.29. The number of benzene rings is 3. The molecule has 0 aliphatic rings. The molecule has 5 rings (SSSR count). The largest absolute Gasteiger partial charge is 0.345 e. The molecule has 0 aliphatic carbocycles. The Morgan fingerprint density at radius 1 is 0.917 bits per heavy atom. The third-order valence-corrected chi connectivity index (χ3v) is 6.44. The molecule has 1 N–H and O–H groups in total. The number of carbonyl (C=O) groups is 1. The molecule has 0 saturated heterocycles. The molecule has 6 nitrogen and oxygen atoms in total. The molecule has 5 aromatic rings. The van der Waals surface area contributed by atoms with Crippen molar-refractivity contribution in [2.75, 3.05) is 0 Å². The van der Waals surface area contributed by atoms with Crippen LogP contribution >= 0.6 is 0 Å². The number of rotatable bonds is 7. The SMILES string of the molecule is CC[C@H](NC(=O)c1c(Cn2cnc(C)c2)n(-c2ccccc2)c(=O)c2ccccc12)c1ccccc1. The molecule has 0 radical (unpaired) electrons.